The molecule has 9 heteroatoms. The molecule has 0 aliphatic carbocycles. The highest BCUT2D eigenvalue weighted by Gasteiger charge is 2.41. The molecule has 0 radical (unpaired) electrons. The van der Waals surface area contributed by atoms with Crippen LogP contribution in [0.25, 0.3) is 28.5 Å². The monoisotopic (exact) mass is 502 g/mol. The lowest BCUT2D eigenvalue weighted by atomic mass is 9.94. The summed E-state index contributed by atoms with van der Waals surface area (Å²) in [6, 6.07) is 6.82. The number of hydrogen-bond acceptors (Lipinski definition) is 6. The van der Waals surface area contributed by atoms with Gasteiger partial charge in [-0.05, 0) is 77.2 Å². The van der Waals surface area contributed by atoms with Crippen LogP contribution in [0.5, 0.6) is 5.75 Å². The Morgan fingerprint density at radius 3 is 2.78 bits per heavy atom. The highest BCUT2D eigenvalue weighted by molar-refractivity contribution is 5.78. The van der Waals surface area contributed by atoms with Crippen LogP contribution >= 0.6 is 0 Å². The number of carbonyl (C=O) groups is 1. The van der Waals surface area contributed by atoms with Crippen LogP contribution in [-0.4, -0.2) is 59.6 Å². The molecule has 1 amide bonds. The van der Waals surface area contributed by atoms with Gasteiger partial charge in [-0.1, -0.05) is 12.1 Å². The number of hydrogen-bond donors (Lipinski definition) is 0. The number of fused-ring (bicyclic) bond motifs is 5. The van der Waals surface area contributed by atoms with E-state index in [2.05, 4.69) is 52.8 Å². The second-order valence-electron chi connectivity index (χ2n) is 11.4. The third kappa shape index (κ3) is 4.30. The first kappa shape index (κ1) is 23.8. The van der Waals surface area contributed by atoms with Gasteiger partial charge in [0, 0.05) is 18.3 Å². The minimum absolute atomic E-state index is 0.0723. The molecular weight excluding hydrogens is 468 g/mol. The predicted molar refractivity (Wildman–Crippen MR) is 140 cm³/mol. The van der Waals surface area contributed by atoms with Crippen LogP contribution in [-0.2, 0) is 11.3 Å². The highest BCUT2D eigenvalue weighted by atomic mass is 16.6. The molecule has 0 saturated carbocycles. The van der Waals surface area contributed by atoms with E-state index in [-0.39, 0.29) is 24.2 Å². The van der Waals surface area contributed by atoms with Gasteiger partial charge in [0.2, 0.25) is 0 Å². The van der Waals surface area contributed by atoms with E-state index >= 15 is 0 Å². The minimum Gasteiger partial charge on any atom is -0.491 e. The summed E-state index contributed by atoms with van der Waals surface area (Å²) in [4.78, 5) is 24.2. The summed E-state index contributed by atoms with van der Waals surface area (Å²) in [7, 11) is 0. The maximum atomic E-state index is 12.8. The number of rotatable bonds is 3. The number of imidazole rings is 1. The molecular formula is C28H34N6O3. The lowest BCUT2D eigenvalue weighted by Crippen LogP contribution is -2.45. The van der Waals surface area contributed by atoms with Gasteiger partial charge in [-0.25, -0.2) is 19.4 Å². The fourth-order valence-corrected chi connectivity index (χ4v) is 5.64. The summed E-state index contributed by atoms with van der Waals surface area (Å²) >= 11 is 0. The molecule has 3 aromatic rings. The summed E-state index contributed by atoms with van der Waals surface area (Å²) in [5.41, 5.74) is 3.69. The van der Waals surface area contributed by atoms with Crippen LogP contribution < -0.4 is 4.74 Å². The Kier molecular flexibility index (Phi) is 5.62. The maximum absolute atomic E-state index is 12.8. The number of benzene rings is 1. The molecule has 2 bridgehead atoms. The van der Waals surface area contributed by atoms with E-state index in [1.807, 2.05) is 36.5 Å². The Labute approximate surface area is 217 Å². The first-order chi connectivity index (χ1) is 17.7. The van der Waals surface area contributed by atoms with Crippen LogP contribution in [0.15, 0.2) is 36.8 Å². The van der Waals surface area contributed by atoms with E-state index in [4.69, 9.17) is 14.5 Å². The summed E-state index contributed by atoms with van der Waals surface area (Å²) in [6.07, 6.45) is 8.43. The normalized spacial score (nSPS) is 20.7. The molecule has 37 heavy (non-hydrogen) atoms. The smallest absolute Gasteiger partial charge is 0.411 e. The van der Waals surface area contributed by atoms with E-state index in [0.717, 1.165) is 53.5 Å². The first-order valence-electron chi connectivity index (χ1n) is 13.1. The van der Waals surface area contributed by atoms with E-state index < -0.39 is 5.60 Å². The number of nitrogens with zero attached hydrogens (tertiary/aromatic N) is 6. The van der Waals surface area contributed by atoms with Gasteiger partial charge < -0.3 is 14.0 Å². The average Bonchev–Trinajstić information content (AvgIpc) is 3.52. The van der Waals surface area contributed by atoms with Crippen molar-refractivity contribution in [1.29, 1.82) is 0 Å². The van der Waals surface area contributed by atoms with Gasteiger partial charge in [0.25, 0.3) is 0 Å². The molecule has 3 aliphatic rings. The molecule has 2 atom stereocenters. The zero-order chi connectivity index (χ0) is 25.9. The second kappa shape index (κ2) is 8.75. The van der Waals surface area contributed by atoms with E-state index in [0.29, 0.717) is 13.2 Å². The summed E-state index contributed by atoms with van der Waals surface area (Å²) in [5, 5.41) is 4.37. The minimum atomic E-state index is -0.495. The molecule has 2 aromatic heterocycles. The SMILES string of the molecule is CC(C)n1ncnc1-c1cn2c(n1)-c1ccc(C3=CC4CCC(C3)N4C(=O)OC(C)(C)C)cc1OCC2. The number of aromatic nitrogens is 5. The van der Waals surface area contributed by atoms with Crippen molar-refractivity contribution in [1.82, 2.24) is 29.2 Å². The van der Waals surface area contributed by atoms with Gasteiger partial charge >= 0.3 is 6.09 Å². The third-order valence-electron chi connectivity index (χ3n) is 7.25. The van der Waals surface area contributed by atoms with Crippen molar-refractivity contribution in [3.05, 3.63) is 42.4 Å². The van der Waals surface area contributed by atoms with Crippen LogP contribution in [0.2, 0.25) is 0 Å². The molecule has 5 heterocycles. The number of carbonyl (C=O) groups excluding carboxylic acids is 1. The van der Waals surface area contributed by atoms with Crippen LogP contribution in [0.1, 0.15) is 65.5 Å². The summed E-state index contributed by atoms with van der Waals surface area (Å²) in [6.45, 7) is 11.2. The summed E-state index contributed by atoms with van der Waals surface area (Å²) in [5.74, 6) is 2.48. The Balaban J connectivity index is 1.30. The molecule has 1 aromatic carbocycles. The van der Waals surface area contributed by atoms with Gasteiger partial charge in [-0.2, -0.15) is 5.10 Å². The zero-order valence-electron chi connectivity index (χ0n) is 22.1. The molecule has 194 valence electrons. The van der Waals surface area contributed by atoms with Crippen molar-refractivity contribution in [2.45, 2.75) is 84.2 Å². The van der Waals surface area contributed by atoms with Crippen LogP contribution in [0.4, 0.5) is 4.79 Å². The Morgan fingerprint density at radius 2 is 2.03 bits per heavy atom. The van der Waals surface area contributed by atoms with Crippen LogP contribution in [0.3, 0.4) is 0 Å². The van der Waals surface area contributed by atoms with Crippen molar-refractivity contribution in [3.63, 3.8) is 0 Å². The highest BCUT2D eigenvalue weighted by Crippen LogP contribution is 2.42. The van der Waals surface area contributed by atoms with Crippen molar-refractivity contribution >= 4 is 11.7 Å². The molecule has 1 fully saturated rings. The lowest BCUT2D eigenvalue weighted by Gasteiger charge is -2.35. The van der Waals surface area contributed by atoms with Crippen molar-refractivity contribution < 1.29 is 14.3 Å². The molecule has 9 nitrogen and oxygen atoms in total. The second-order valence-corrected chi connectivity index (χ2v) is 11.4. The standard InChI is InChI=1S/C28H34N6O3/c1-17(2)34-26(29-16-30-34)23-15-32-10-11-36-24-14-18(6-9-22(24)25(32)31-23)19-12-20-7-8-21(13-19)33(20)27(35)37-28(3,4)5/h6,9,12,14-17,20-21H,7-8,10-11,13H2,1-5H3. The van der Waals surface area contributed by atoms with Gasteiger partial charge in [0.15, 0.2) is 5.82 Å². The van der Waals surface area contributed by atoms with E-state index in [1.165, 1.54) is 5.57 Å². The lowest BCUT2D eigenvalue weighted by molar-refractivity contribution is 0.0175. The molecule has 3 aliphatic heterocycles. The number of ether oxygens (including phenoxy) is 2. The largest absolute Gasteiger partial charge is 0.491 e. The van der Waals surface area contributed by atoms with Gasteiger partial charge in [0.1, 0.15) is 35.8 Å². The third-order valence-corrected chi connectivity index (χ3v) is 7.25. The average molecular weight is 503 g/mol. The van der Waals surface area contributed by atoms with Crippen molar-refractivity contribution in [3.8, 4) is 28.7 Å². The first-order valence-corrected chi connectivity index (χ1v) is 13.1. The molecule has 0 spiro atoms. The molecule has 6 rings (SSSR count). The zero-order valence-corrected chi connectivity index (χ0v) is 22.1. The Bertz CT molecular complexity index is 1380. The predicted octanol–water partition coefficient (Wildman–Crippen LogP) is 5.34. The quantitative estimate of drug-likeness (QED) is 0.481. The number of amides is 1. The fraction of sp³-hybridized carbons (Fsp3) is 0.500. The molecule has 0 N–H and O–H groups in total. The van der Waals surface area contributed by atoms with E-state index in [1.54, 1.807) is 6.33 Å². The Hall–Kier alpha value is -3.62. The maximum Gasteiger partial charge on any atom is 0.411 e. The summed E-state index contributed by atoms with van der Waals surface area (Å²) < 4.78 is 15.9. The fourth-order valence-electron chi connectivity index (χ4n) is 5.64. The van der Waals surface area contributed by atoms with Crippen molar-refractivity contribution in [2.24, 2.45) is 0 Å². The molecule has 2 unspecified atom stereocenters. The van der Waals surface area contributed by atoms with Gasteiger partial charge in [-0.3, -0.25) is 4.90 Å². The molecule has 1 saturated heterocycles. The van der Waals surface area contributed by atoms with Gasteiger partial charge in [0.05, 0.1) is 18.2 Å². The van der Waals surface area contributed by atoms with Gasteiger partial charge in [-0.15, -0.1) is 0 Å². The topological polar surface area (TPSA) is 87.3 Å². The van der Waals surface area contributed by atoms with E-state index in [9.17, 15) is 4.79 Å². The Morgan fingerprint density at radius 1 is 1.19 bits per heavy atom. The van der Waals surface area contributed by atoms with Crippen molar-refractivity contribution in [2.75, 3.05) is 6.61 Å². The van der Waals surface area contributed by atoms with Crippen LogP contribution in [0, 0.1) is 0 Å².